The number of hydrogen-bond acceptors (Lipinski definition) is 8. The van der Waals surface area contributed by atoms with Crippen LogP contribution in [0.4, 0.5) is 11.4 Å². The lowest BCUT2D eigenvalue weighted by atomic mass is 9.86. The van der Waals surface area contributed by atoms with Gasteiger partial charge in [0.15, 0.2) is 0 Å². The van der Waals surface area contributed by atoms with Crippen molar-refractivity contribution >= 4 is 23.2 Å². The van der Waals surface area contributed by atoms with Crippen LogP contribution in [-0.2, 0) is 19.4 Å². The van der Waals surface area contributed by atoms with E-state index in [1.165, 1.54) is 29.1 Å². The molecule has 3 aromatic carbocycles. The molecule has 5 N–H and O–H groups in total. The van der Waals surface area contributed by atoms with E-state index in [2.05, 4.69) is 51.9 Å². The van der Waals surface area contributed by atoms with E-state index in [1.807, 2.05) is 18.2 Å². The topological polar surface area (TPSA) is 156 Å². The van der Waals surface area contributed by atoms with Crippen LogP contribution >= 0.6 is 0 Å². The number of nitrogen functional groups attached to an aromatic ring is 1. The Labute approximate surface area is 242 Å². The molecule has 42 heavy (non-hydrogen) atoms. The van der Waals surface area contributed by atoms with Gasteiger partial charge in [-0.3, -0.25) is 19.2 Å². The summed E-state index contributed by atoms with van der Waals surface area (Å²) in [6.45, 7) is 4.44. The van der Waals surface area contributed by atoms with Gasteiger partial charge in [0.05, 0.1) is 12.1 Å². The maximum Gasteiger partial charge on any atom is 0.270 e. The molecule has 214 valence electrons. The highest BCUT2D eigenvalue weighted by Crippen LogP contribution is 2.35. The van der Waals surface area contributed by atoms with Crippen LogP contribution < -0.4 is 32.5 Å². The van der Waals surface area contributed by atoms with E-state index >= 15 is 0 Å². The minimum Gasteiger partial charge on any atom is -0.394 e. The summed E-state index contributed by atoms with van der Waals surface area (Å²) in [5, 5.41) is 9.10. The maximum absolute atomic E-state index is 13.1. The number of fused-ring (bicyclic) bond motifs is 2. The van der Waals surface area contributed by atoms with Crippen LogP contribution in [0.1, 0.15) is 91.3 Å². The molecule has 6 rings (SSSR count). The fourth-order valence-corrected chi connectivity index (χ4v) is 6.09. The van der Waals surface area contributed by atoms with Gasteiger partial charge in [-0.15, -0.1) is 0 Å². The smallest absolute Gasteiger partial charge is 0.270 e. The predicted molar refractivity (Wildman–Crippen MR) is 159 cm³/mol. The van der Waals surface area contributed by atoms with Crippen molar-refractivity contribution in [3.63, 3.8) is 0 Å². The molecule has 2 aliphatic rings. The number of rotatable bonds is 7. The van der Waals surface area contributed by atoms with Gasteiger partial charge in [0, 0.05) is 12.6 Å². The lowest BCUT2D eigenvalue weighted by Crippen LogP contribution is -2.38. The van der Waals surface area contributed by atoms with Crippen molar-refractivity contribution in [3.05, 3.63) is 114 Å². The minimum atomic E-state index is -0.649. The van der Waals surface area contributed by atoms with Gasteiger partial charge in [0.2, 0.25) is 0 Å². The number of benzene rings is 2. The minimum absolute atomic E-state index is 0.0216. The van der Waals surface area contributed by atoms with Gasteiger partial charge in [0.25, 0.3) is 22.7 Å². The zero-order valence-electron chi connectivity index (χ0n) is 23.5. The molecule has 2 aliphatic carbocycles. The van der Waals surface area contributed by atoms with Crippen LogP contribution in [0.2, 0.25) is 0 Å². The van der Waals surface area contributed by atoms with Crippen molar-refractivity contribution in [3.8, 4) is 0 Å². The molecule has 0 aliphatic heterocycles. The summed E-state index contributed by atoms with van der Waals surface area (Å²) in [5.41, 5.74) is 12.8. The molecule has 10 heteroatoms. The molecule has 1 aromatic heterocycles. The number of aryl methyl sites for hydroxylation is 2. The van der Waals surface area contributed by atoms with Gasteiger partial charge in [-0.1, -0.05) is 30.3 Å². The average molecular weight is 565 g/mol. The molecule has 2 atom stereocenters. The summed E-state index contributed by atoms with van der Waals surface area (Å²) in [6.07, 6.45) is 5.58. The fourth-order valence-electron chi connectivity index (χ4n) is 6.09. The van der Waals surface area contributed by atoms with Gasteiger partial charge in [-0.05, 0) is 84.9 Å². The molecule has 0 fully saturated rings. The van der Waals surface area contributed by atoms with Gasteiger partial charge in [-0.25, -0.2) is 9.97 Å². The summed E-state index contributed by atoms with van der Waals surface area (Å²) in [5.74, 6) is -0.772. The highest BCUT2D eigenvalue weighted by atomic mass is 16.2. The van der Waals surface area contributed by atoms with E-state index in [4.69, 9.17) is 5.73 Å². The largest absolute Gasteiger partial charge is 0.394 e. The number of anilines is 2. The second kappa shape index (κ2) is 10.8. The molecule has 1 unspecified atom stereocenters. The van der Waals surface area contributed by atoms with E-state index in [0.717, 1.165) is 54.4 Å². The Bertz CT molecular complexity index is 1810. The van der Waals surface area contributed by atoms with Crippen LogP contribution in [-0.4, -0.2) is 21.8 Å². The zero-order chi connectivity index (χ0) is 29.5. The molecular weight excluding hydrogens is 532 g/mol. The molecule has 0 radical (unpaired) electrons. The number of amides is 2. The monoisotopic (exact) mass is 564 g/mol. The van der Waals surface area contributed by atoms with Crippen molar-refractivity contribution in [1.29, 1.82) is 0 Å². The van der Waals surface area contributed by atoms with E-state index in [-0.39, 0.29) is 47.3 Å². The number of aromatic nitrogens is 2. The molecule has 0 spiro atoms. The summed E-state index contributed by atoms with van der Waals surface area (Å²) in [4.78, 5) is 57.7. The van der Waals surface area contributed by atoms with E-state index < -0.39 is 16.8 Å². The predicted octanol–water partition coefficient (Wildman–Crippen LogP) is 3.11. The molecular formula is C32H32N6O4. The van der Waals surface area contributed by atoms with Crippen molar-refractivity contribution in [1.82, 2.24) is 20.6 Å². The first kappa shape index (κ1) is 27.3. The first-order valence-electron chi connectivity index (χ1n) is 14.2. The highest BCUT2D eigenvalue weighted by Gasteiger charge is 2.28. The molecule has 4 aromatic rings. The average Bonchev–Trinajstić information content (AvgIpc) is 3.42. The SMILES string of the molecule is Cc1ccc2c(c1C)CC[C@@H]2NC(=O)c1cc(C(=O)NCc2ccc3c(c2)C(Nc2c(N)c(=O)c2=O)CCC3)ncn1. The van der Waals surface area contributed by atoms with E-state index in [9.17, 15) is 19.2 Å². The molecule has 1 heterocycles. The maximum atomic E-state index is 13.1. The van der Waals surface area contributed by atoms with Crippen molar-refractivity contribution in [2.45, 2.75) is 64.6 Å². The summed E-state index contributed by atoms with van der Waals surface area (Å²) >= 11 is 0. The van der Waals surface area contributed by atoms with Crippen LogP contribution in [0.3, 0.4) is 0 Å². The highest BCUT2D eigenvalue weighted by molar-refractivity contribution is 5.97. The van der Waals surface area contributed by atoms with Crippen LogP contribution in [0.25, 0.3) is 0 Å². The quantitative estimate of drug-likeness (QED) is 0.250. The summed E-state index contributed by atoms with van der Waals surface area (Å²) in [7, 11) is 0. The Morgan fingerprint density at radius 3 is 2.48 bits per heavy atom. The third-order valence-corrected chi connectivity index (χ3v) is 8.65. The first-order valence-corrected chi connectivity index (χ1v) is 14.2. The normalized spacial score (nSPS) is 17.4. The third kappa shape index (κ3) is 4.93. The Morgan fingerprint density at radius 1 is 0.905 bits per heavy atom. The number of nitrogens with two attached hydrogens (primary N) is 1. The second-order valence-electron chi connectivity index (χ2n) is 11.2. The molecule has 0 saturated heterocycles. The molecule has 0 saturated carbocycles. The standard InChI is InChI=1S/C32H32N6O4/c1-16-6-9-21-20(17(16)2)10-11-24(21)38-32(42)26-13-25(35-15-36-26)31(41)34-14-18-7-8-19-4-3-5-23(22(19)12-18)37-28-27(33)29(39)30(28)40/h6-9,12-13,15,23-24,37H,3-5,10-11,14,33H2,1-2H3,(H,34,41)(H,38,42)/t23?,24-/m0/s1. The Balaban J connectivity index is 1.11. The van der Waals surface area contributed by atoms with Crippen molar-refractivity contribution < 1.29 is 9.59 Å². The zero-order valence-corrected chi connectivity index (χ0v) is 23.5. The number of carbonyl (C=O) groups is 2. The third-order valence-electron chi connectivity index (χ3n) is 8.65. The van der Waals surface area contributed by atoms with Gasteiger partial charge in [0.1, 0.15) is 29.1 Å². The number of carbonyl (C=O) groups excluding carboxylic acids is 2. The van der Waals surface area contributed by atoms with Crippen molar-refractivity contribution in [2.24, 2.45) is 0 Å². The molecule has 2 amide bonds. The fraction of sp³-hybridized carbons (Fsp3) is 0.312. The summed E-state index contributed by atoms with van der Waals surface area (Å²) in [6, 6.07) is 11.3. The number of nitrogens with one attached hydrogen (secondary N) is 3. The number of hydrogen-bond donors (Lipinski definition) is 4. The molecule has 0 bridgehead atoms. The van der Waals surface area contributed by atoms with Gasteiger partial charge < -0.3 is 21.7 Å². The Kier molecular flexibility index (Phi) is 7.06. The second-order valence-corrected chi connectivity index (χ2v) is 11.2. The van der Waals surface area contributed by atoms with E-state index in [1.54, 1.807) is 0 Å². The van der Waals surface area contributed by atoms with Crippen molar-refractivity contribution in [2.75, 3.05) is 11.1 Å². The lowest BCUT2D eigenvalue weighted by Gasteiger charge is -2.28. The molecule has 10 nitrogen and oxygen atoms in total. The van der Waals surface area contributed by atoms with Crippen LogP contribution in [0.15, 0.2) is 52.3 Å². The van der Waals surface area contributed by atoms with Gasteiger partial charge >= 0.3 is 0 Å². The van der Waals surface area contributed by atoms with Gasteiger partial charge in [-0.2, -0.15) is 0 Å². The Morgan fingerprint density at radius 2 is 1.69 bits per heavy atom. The lowest BCUT2D eigenvalue weighted by molar-refractivity contribution is 0.0931. The summed E-state index contributed by atoms with van der Waals surface area (Å²) < 4.78 is 0. The van der Waals surface area contributed by atoms with E-state index in [0.29, 0.717) is 0 Å². The first-order chi connectivity index (χ1) is 20.2. The number of nitrogens with zero attached hydrogens (tertiary/aromatic N) is 2. The van der Waals surface area contributed by atoms with Crippen LogP contribution in [0.5, 0.6) is 0 Å². The van der Waals surface area contributed by atoms with Crippen LogP contribution in [0, 0.1) is 13.8 Å². The Hall–Kier alpha value is -4.86.